The molecule has 0 saturated heterocycles. The number of fused-ring (bicyclic) bond motifs is 3. The highest BCUT2D eigenvalue weighted by Gasteiger charge is 2.16. The molecule has 3 heterocycles. The SMILES string of the molecule is Cc1ccn(-c2ccc3sc4c(c3c2)CNCC4)c(=O)c1.Cl. The lowest BCUT2D eigenvalue weighted by molar-refractivity contribution is 0.656. The van der Waals surface area contributed by atoms with Crippen molar-refractivity contribution < 1.29 is 0 Å². The van der Waals surface area contributed by atoms with E-state index in [0.717, 1.165) is 30.8 Å². The standard InChI is InChI=1S/C17H16N2OS.ClH/c1-11-5-7-19(17(20)8-11)12-2-3-15-13(9-12)14-10-18-6-4-16(14)21-15;/h2-3,5,7-9,18H,4,6,10H2,1H3;1H. The van der Waals surface area contributed by atoms with E-state index in [1.807, 2.05) is 36.6 Å². The molecule has 114 valence electrons. The van der Waals surface area contributed by atoms with Crippen LogP contribution >= 0.6 is 23.7 Å². The molecule has 1 N–H and O–H groups in total. The van der Waals surface area contributed by atoms with Crippen molar-refractivity contribution in [3.8, 4) is 5.69 Å². The van der Waals surface area contributed by atoms with Gasteiger partial charge in [-0.1, -0.05) is 0 Å². The van der Waals surface area contributed by atoms with Gasteiger partial charge in [0.2, 0.25) is 0 Å². The van der Waals surface area contributed by atoms with Gasteiger partial charge in [-0.3, -0.25) is 9.36 Å². The Bertz CT molecular complexity index is 897. The van der Waals surface area contributed by atoms with Crippen molar-refractivity contribution in [3.63, 3.8) is 0 Å². The van der Waals surface area contributed by atoms with Crippen molar-refractivity contribution in [1.82, 2.24) is 9.88 Å². The van der Waals surface area contributed by atoms with Crippen molar-refractivity contribution >= 4 is 33.8 Å². The minimum absolute atomic E-state index is 0. The number of aromatic nitrogens is 1. The average molecular weight is 333 g/mol. The lowest BCUT2D eigenvalue weighted by atomic mass is 10.1. The Morgan fingerprint density at radius 3 is 2.91 bits per heavy atom. The van der Waals surface area contributed by atoms with Crippen LogP contribution in [0.5, 0.6) is 0 Å². The zero-order valence-corrected chi connectivity index (χ0v) is 13.9. The smallest absolute Gasteiger partial charge is 0.255 e. The fourth-order valence-electron chi connectivity index (χ4n) is 2.94. The molecule has 3 nitrogen and oxygen atoms in total. The molecule has 0 unspecified atom stereocenters. The van der Waals surface area contributed by atoms with Crippen molar-refractivity contribution in [2.75, 3.05) is 6.54 Å². The Labute approximate surface area is 139 Å². The average Bonchev–Trinajstić information content (AvgIpc) is 2.85. The Hall–Kier alpha value is -1.62. The summed E-state index contributed by atoms with van der Waals surface area (Å²) in [6, 6.07) is 9.97. The van der Waals surface area contributed by atoms with Gasteiger partial charge in [0.15, 0.2) is 0 Å². The van der Waals surface area contributed by atoms with Gasteiger partial charge in [-0.25, -0.2) is 0 Å². The van der Waals surface area contributed by atoms with Gasteiger partial charge in [-0.05, 0) is 54.1 Å². The van der Waals surface area contributed by atoms with Crippen LogP contribution in [0.15, 0.2) is 41.3 Å². The van der Waals surface area contributed by atoms with Crippen LogP contribution in [0.1, 0.15) is 16.0 Å². The molecule has 22 heavy (non-hydrogen) atoms. The van der Waals surface area contributed by atoms with E-state index in [4.69, 9.17) is 0 Å². The summed E-state index contributed by atoms with van der Waals surface area (Å²) in [4.78, 5) is 13.6. The van der Waals surface area contributed by atoms with Gasteiger partial charge in [0, 0.05) is 40.6 Å². The van der Waals surface area contributed by atoms with E-state index in [-0.39, 0.29) is 18.0 Å². The van der Waals surface area contributed by atoms with Crippen LogP contribution < -0.4 is 10.9 Å². The molecule has 0 atom stereocenters. The second-order valence-corrected chi connectivity index (χ2v) is 6.66. The van der Waals surface area contributed by atoms with E-state index in [9.17, 15) is 4.79 Å². The summed E-state index contributed by atoms with van der Waals surface area (Å²) in [5, 5.41) is 4.72. The van der Waals surface area contributed by atoms with E-state index in [1.54, 1.807) is 10.6 Å². The van der Waals surface area contributed by atoms with Gasteiger partial charge in [0.1, 0.15) is 0 Å². The number of pyridine rings is 1. The van der Waals surface area contributed by atoms with Crippen LogP contribution in [0, 0.1) is 6.92 Å². The maximum absolute atomic E-state index is 12.2. The Morgan fingerprint density at radius 1 is 1.23 bits per heavy atom. The second kappa shape index (κ2) is 5.88. The molecule has 1 aliphatic heterocycles. The molecule has 0 fully saturated rings. The summed E-state index contributed by atoms with van der Waals surface area (Å²) in [5.41, 5.74) is 3.37. The number of nitrogens with zero attached hydrogens (tertiary/aromatic N) is 1. The maximum Gasteiger partial charge on any atom is 0.255 e. The van der Waals surface area contributed by atoms with Crippen molar-refractivity contribution in [1.29, 1.82) is 0 Å². The number of hydrogen-bond donors (Lipinski definition) is 1. The molecule has 0 saturated carbocycles. The van der Waals surface area contributed by atoms with Crippen LogP contribution in [0.2, 0.25) is 0 Å². The molecule has 2 aromatic heterocycles. The van der Waals surface area contributed by atoms with E-state index in [1.165, 1.54) is 20.5 Å². The number of nitrogens with one attached hydrogen (secondary N) is 1. The zero-order chi connectivity index (χ0) is 14.4. The molecule has 4 rings (SSSR count). The number of rotatable bonds is 1. The normalized spacial score (nSPS) is 13.7. The van der Waals surface area contributed by atoms with Gasteiger partial charge >= 0.3 is 0 Å². The number of aryl methyl sites for hydroxylation is 1. The van der Waals surface area contributed by atoms with E-state index in [2.05, 4.69) is 17.4 Å². The van der Waals surface area contributed by atoms with Crippen LogP contribution in [0.4, 0.5) is 0 Å². The predicted octanol–water partition coefficient (Wildman–Crippen LogP) is 3.43. The highest BCUT2D eigenvalue weighted by atomic mass is 35.5. The Balaban J connectivity index is 0.00000144. The summed E-state index contributed by atoms with van der Waals surface area (Å²) in [6.45, 7) is 3.93. The molecular weight excluding hydrogens is 316 g/mol. The summed E-state index contributed by atoms with van der Waals surface area (Å²) in [7, 11) is 0. The van der Waals surface area contributed by atoms with Crippen LogP contribution in [0.3, 0.4) is 0 Å². The van der Waals surface area contributed by atoms with E-state index >= 15 is 0 Å². The lowest BCUT2D eigenvalue weighted by Gasteiger charge is -2.13. The first-order chi connectivity index (χ1) is 10.2. The molecule has 0 aliphatic carbocycles. The monoisotopic (exact) mass is 332 g/mol. The number of thiophene rings is 1. The second-order valence-electron chi connectivity index (χ2n) is 5.52. The number of benzene rings is 1. The molecule has 0 bridgehead atoms. The molecule has 0 amide bonds. The molecular formula is C17H17ClN2OS. The highest BCUT2D eigenvalue weighted by Crippen LogP contribution is 2.34. The van der Waals surface area contributed by atoms with Crippen LogP contribution in [-0.2, 0) is 13.0 Å². The number of hydrogen-bond acceptors (Lipinski definition) is 3. The van der Waals surface area contributed by atoms with Gasteiger partial charge in [0.25, 0.3) is 5.56 Å². The first-order valence-electron chi connectivity index (χ1n) is 7.17. The Kier molecular flexibility index (Phi) is 4.08. The summed E-state index contributed by atoms with van der Waals surface area (Å²) >= 11 is 1.88. The van der Waals surface area contributed by atoms with Gasteiger partial charge in [-0.15, -0.1) is 23.7 Å². The summed E-state index contributed by atoms with van der Waals surface area (Å²) < 4.78 is 3.03. The Morgan fingerprint density at radius 2 is 2.09 bits per heavy atom. The molecule has 0 radical (unpaired) electrons. The van der Waals surface area contributed by atoms with E-state index in [0.29, 0.717) is 0 Å². The minimum atomic E-state index is 0. The topological polar surface area (TPSA) is 34.0 Å². The molecule has 0 spiro atoms. The van der Waals surface area contributed by atoms with Gasteiger partial charge in [-0.2, -0.15) is 0 Å². The van der Waals surface area contributed by atoms with Gasteiger partial charge < -0.3 is 5.32 Å². The first kappa shape index (κ1) is 15.3. The molecule has 5 heteroatoms. The van der Waals surface area contributed by atoms with Crippen molar-refractivity contribution in [2.24, 2.45) is 0 Å². The molecule has 1 aromatic carbocycles. The third-order valence-corrected chi connectivity index (χ3v) is 5.31. The minimum Gasteiger partial charge on any atom is -0.312 e. The molecule has 3 aromatic rings. The largest absolute Gasteiger partial charge is 0.312 e. The molecule has 1 aliphatic rings. The van der Waals surface area contributed by atoms with Crippen molar-refractivity contribution in [2.45, 2.75) is 19.9 Å². The maximum atomic E-state index is 12.2. The van der Waals surface area contributed by atoms with E-state index < -0.39 is 0 Å². The quantitative estimate of drug-likeness (QED) is 0.740. The zero-order valence-electron chi connectivity index (χ0n) is 12.3. The van der Waals surface area contributed by atoms with Crippen molar-refractivity contribution in [3.05, 3.63) is 62.9 Å². The third-order valence-electron chi connectivity index (χ3n) is 4.04. The van der Waals surface area contributed by atoms with Crippen LogP contribution in [-0.4, -0.2) is 11.1 Å². The fourth-order valence-corrected chi connectivity index (χ4v) is 4.14. The van der Waals surface area contributed by atoms with Gasteiger partial charge in [0.05, 0.1) is 0 Å². The summed E-state index contributed by atoms with van der Waals surface area (Å²) in [6.07, 6.45) is 2.96. The summed E-state index contributed by atoms with van der Waals surface area (Å²) in [5.74, 6) is 0. The highest BCUT2D eigenvalue weighted by molar-refractivity contribution is 7.19. The predicted molar refractivity (Wildman–Crippen MR) is 94.8 cm³/mol. The fraction of sp³-hybridized carbons (Fsp3) is 0.235. The first-order valence-corrected chi connectivity index (χ1v) is 7.99. The number of halogens is 1. The van der Waals surface area contributed by atoms with Crippen LogP contribution in [0.25, 0.3) is 15.8 Å². The lowest BCUT2D eigenvalue weighted by Crippen LogP contribution is -2.22. The third kappa shape index (κ3) is 2.47.